The third-order valence-electron chi connectivity index (χ3n) is 6.04. The molecule has 5 rings (SSSR count). The number of nitrogens with zero attached hydrogens (tertiary/aromatic N) is 4. The van der Waals surface area contributed by atoms with Crippen LogP contribution in [0.15, 0.2) is 59.6 Å². The summed E-state index contributed by atoms with van der Waals surface area (Å²) in [7, 11) is -1.42. The number of aromatic nitrogens is 2. The molecule has 0 unspecified atom stereocenters. The molecular formula is C24H28ClN7O2S. The standard InChI is InChI=1S/C24H28ClN7O2S/c1-31-11-13-32(14-12-31)20-9-7-17(8-10-20)28-24-26-16-22(25)23(29-24)27-19-3-2-4-21(15-19)35(33,34)30-18-5-6-18/h2-4,7-10,15-16,18,30H,5-6,11-14H2,1H3,(H2,26,27,28,29). The highest BCUT2D eigenvalue weighted by atomic mass is 35.5. The van der Waals surface area contributed by atoms with Crippen molar-refractivity contribution in [2.75, 3.05) is 48.8 Å². The molecule has 0 spiro atoms. The van der Waals surface area contributed by atoms with Gasteiger partial charge in [0.15, 0.2) is 5.82 Å². The molecule has 0 radical (unpaired) electrons. The lowest BCUT2D eigenvalue weighted by Crippen LogP contribution is -2.44. The van der Waals surface area contributed by atoms with E-state index in [9.17, 15) is 8.42 Å². The summed E-state index contributed by atoms with van der Waals surface area (Å²) in [5.41, 5.74) is 2.61. The molecule has 1 aromatic heterocycles. The highest BCUT2D eigenvalue weighted by Crippen LogP contribution is 2.28. The van der Waals surface area contributed by atoms with Gasteiger partial charge in [-0.1, -0.05) is 17.7 Å². The van der Waals surface area contributed by atoms with Gasteiger partial charge in [0.25, 0.3) is 0 Å². The van der Waals surface area contributed by atoms with E-state index in [1.807, 2.05) is 12.1 Å². The third kappa shape index (κ3) is 6.02. The number of benzene rings is 2. The number of halogens is 1. The summed E-state index contributed by atoms with van der Waals surface area (Å²) >= 11 is 6.32. The SMILES string of the molecule is CN1CCN(c2ccc(Nc3ncc(Cl)c(Nc4cccc(S(=O)(=O)NC5CC5)c4)n3)cc2)CC1. The van der Waals surface area contributed by atoms with Crippen LogP contribution in [0.5, 0.6) is 0 Å². The fourth-order valence-electron chi connectivity index (χ4n) is 3.83. The Balaban J connectivity index is 1.27. The molecule has 2 heterocycles. The van der Waals surface area contributed by atoms with Crippen molar-refractivity contribution in [1.82, 2.24) is 19.6 Å². The number of hydrogen-bond acceptors (Lipinski definition) is 8. The molecule has 1 aliphatic carbocycles. The van der Waals surface area contributed by atoms with Crippen LogP contribution in [0.25, 0.3) is 0 Å². The molecule has 2 fully saturated rings. The van der Waals surface area contributed by atoms with Crippen molar-refractivity contribution in [3.63, 3.8) is 0 Å². The Kier molecular flexibility index (Phi) is 6.79. The highest BCUT2D eigenvalue weighted by Gasteiger charge is 2.28. The molecule has 1 saturated heterocycles. The Morgan fingerprint density at radius 3 is 2.43 bits per heavy atom. The molecule has 11 heteroatoms. The molecule has 2 aliphatic rings. The minimum Gasteiger partial charge on any atom is -0.369 e. The maximum absolute atomic E-state index is 12.5. The Morgan fingerprint density at radius 2 is 1.71 bits per heavy atom. The van der Waals surface area contributed by atoms with Crippen LogP contribution < -0.4 is 20.3 Å². The van der Waals surface area contributed by atoms with E-state index in [1.54, 1.807) is 24.3 Å². The second-order valence-electron chi connectivity index (χ2n) is 8.90. The van der Waals surface area contributed by atoms with Gasteiger partial charge in [0.1, 0.15) is 5.02 Å². The second-order valence-corrected chi connectivity index (χ2v) is 11.0. The first-order valence-electron chi connectivity index (χ1n) is 11.6. The lowest BCUT2D eigenvalue weighted by molar-refractivity contribution is 0.313. The Bertz CT molecular complexity index is 1290. The molecule has 2 aromatic carbocycles. The zero-order valence-corrected chi connectivity index (χ0v) is 21.0. The molecular weight excluding hydrogens is 486 g/mol. The summed E-state index contributed by atoms with van der Waals surface area (Å²) in [6.07, 6.45) is 3.26. The molecule has 184 valence electrons. The van der Waals surface area contributed by atoms with Gasteiger partial charge in [0.2, 0.25) is 16.0 Å². The minimum absolute atomic E-state index is 0.0391. The Labute approximate surface area is 210 Å². The first kappa shape index (κ1) is 23.8. The van der Waals surface area contributed by atoms with Crippen LogP contribution in [0.2, 0.25) is 5.02 Å². The van der Waals surface area contributed by atoms with Crippen molar-refractivity contribution in [1.29, 1.82) is 0 Å². The fraction of sp³-hybridized carbons (Fsp3) is 0.333. The summed E-state index contributed by atoms with van der Waals surface area (Å²) in [4.78, 5) is 13.7. The molecule has 0 amide bonds. The van der Waals surface area contributed by atoms with E-state index in [-0.39, 0.29) is 10.9 Å². The van der Waals surface area contributed by atoms with Crippen molar-refractivity contribution in [3.8, 4) is 0 Å². The van der Waals surface area contributed by atoms with Crippen LogP contribution in [0.1, 0.15) is 12.8 Å². The average molecular weight is 514 g/mol. The topological polar surface area (TPSA) is 102 Å². The first-order valence-corrected chi connectivity index (χ1v) is 13.4. The van der Waals surface area contributed by atoms with Crippen LogP contribution in [-0.2, 0) is 10.0 Å². The summed E-state index contributed by atoms with van der Waals surface area (Å²) in [6.45, 7) is 4.13. The first-order chi connectivity index (χ1) is 16.9. The molecule has 0 bridgehead atoms. The second kappa shape index (κ2) is 9.98. The number of rotatable bonds is 8. The molecule has 35 heavy (non-hydrogen) atoms. The van der Waals surface area contributed by atoms with Crippen LogP contribution in [0.3, 0.4) is 0 Å². The lowest BCUT2D eigenvalue weighted by atomic mass is 10.2. The molecule has 1 saturated carbocycles. The molecule has 9 nitrogen and oxygen atoms in total. The van der Waals surface area contributed by atoms with Crippen LogP contribution in [0, 0.1) is 0 Å². The van der Waals surface area contributed by atoms with Crippen molar-refractivity contribution >= 4 is 50.5 Å². The van der Waals surface area contributed by atoms with Gasteiger partial charge in [-0.15, -0.1) is 0 Å². The number of piperazine rings is 1. The maximum Gasteiger partial charge on any atom is 0.240 e. The Morgan fingerprint density at radius 1 is 0.971 bits per heavy atom. The van der Waals surface area contributed by atoms with Gasteiger partial charge in [0, 0.05) is 49.3 Å². The smallest absolute Gasteiger partial charge is 0.240 e. The van der Waals surface area contributed by atoms with E-state index >= 15 is 0 Å². The summed E-state index contributed by atoms with van der Waals surface area (Å²) in [6, 6.07) is 14.8. The zero-order chi connectivity index (χ0) is 24.4. The average Bonchev–Trinajstić information content (AvgIpc) is 3.66. The van der Waals surface area contributed by atoms with Crippen LogP contribution in [0.4, 0.5) is 28.8 Å². The lowest BCUT2D eigenvalue weighted by Gasteiger charge is -2.34. The van der Waals surface area contributed by atoms with Crippen molar-refractivity contribution < 1.29 is 8.42 Å². The monoisotopic (exact) mass is 513 g/mol. The van der Waals surface area contributed by atoms with Gasteiger partial charge < -0.3 is 20.4 Å². The predicted molar refractivity (Wildman–Crippen MR) is 140 cm³/mol. The summed E-state index contributed by atoms with van der Waals surface area (Å²) in [5.74, 6) is 0.756. The maximum atomic E-state index is 12.5. The van der Waals surface area contributed by atoms with Gasteiger partial charge >= 0.3 is 0 Å². The highest BCUT2D eigenvalue weighted by molar-refractivity contribution is 7.89. The minimum atomic E-state index is -3.56. The van der Waals surface area contributed by atoms with Crippen LogP contribution >= 0.6 is 11.6 Å². The van der Waals surface area contributed by atoms with E-state index in [4.69, 9.17) is 11.6 Å². The van der Waals surface area contributed by atoms with Crippen molar-refractivity contribution in [3.05, 3.63) is 59.8 Å². The van der Waals surface area contributed by atoms with E-state index in [0.29, 0.717) is 22.5 Å². The van der Waals surface area contributed by atoms with Gasteiger partial charge in [-0.2, -0.15) is 4.98 Å². The van der Waals surface area contributed by atoms with E-state index in [1.165, 1.54) is 11.9 Å². The van der Waals surface area contributed by atoms with Gasteiger partial charge in [-0.25, -0.2) is 18.1 Å². The number of sulfonamides is 1. The normalized spacial score (nSPS) is 16.8. The largest absolute Gasteiger partial charge is 0.369 e. The van der Waals surface area contributed by atoms with Gasteiger partial charge in [0.05, 0.1) is 11.1 Å². The fourth-order valence-corrected chi connectivity index (χ4v) is 5.32. The van der Waals surface area contributed by atoms with Crippen LogP contribution in [-0.4, -0.2) is 62.6 Å². The van der Waals surface area contributed by atoms with E-state index in [0.717, 1.165) is 44.7 Å². The number of nitrogens with one attached hydrogen (secondary N) is 3. The third-order valence-corrected chi connectivity index (χ3v) is 7.84. The molecule has 3 aromatic rings. The Hall–Kier alpha value is -2.92. The van der Waals surface area contributed by atoms with E-state index < -0.39 is 10.0 Å². The molecule has 0 atom stereocenters. The van der Waals surface area contributed by atoms with Crippen molar-refractivity contribution in [2.24, 2.45) is 0 Å². The summed E-state index contributed by atoms with van der Waals surface area (Å²) in [5, 5.41) is 6.64. The number of likely N-dealkylation sites (N-methyl/N-ethyl adjacent to an activating group) is 1. The quantitative estimate of drug-likeness (QED) is 0.418. The van der Waals surface area contributed by atoms with Gasteiger partial charge in [-0.05, 0) is 62.4 Å². The van der Waals surface area contributed by atoms with Crippen molar-refractivity contribution in [2.45, 2.75) is 23.8 Å². The number of hydrogen-bond donors (Lipinski definition) is 3. The van der Waals surface area contributed by atoms with Gasteiger partial charge in [-0.3, -0.25) is 0 Å². The number of anilines is 5. The molecule has 1 aliphatic heterocycles. The van der Waals surface area contributed by atoms with E-state index in [2.05, 4.69) is 54.3 Å². The summed E-state index contributed by atoms with van der Waals surface area (Å²) < 4.78 is 27.8. The molecule has 3 N–H and O–H groups in total. The predicted octanol–water partition coefficient (Wildman–Crippen LogP) is 3.81. The zero-order valence-electron chi connectivity index (χ0n) is 19.4.